The van der Waals surface area contributed by atoms with Crippen molar-refractivity contribution in [2.45, 2.75) is 45.4 Å². The van der Waals surface area contributed by atoms with Crippen molar-refractivity contribution in [3.63, 3.8) is 0 Å². The highest BCUT2D eigenvalue weighted by Gasteiger charge is 2.21. The van der Waals surface area contributed by atoms with E-state index in [-0.39, 0.29) is 12.7 Å². The van der Waals surface area contributed by atoms with Crippen LogP contribution in [0.1, 0.15) is 29.5 Å². The van der Waals surface area contributed by atoms with Gasteiger partial charge in [0, 0.05) is 46.0 Å². The first-order valence-electron chi connectivity index (χ1n) is 10.9. The van der Waals surface area contributed by atoms with Gasteiger partial charge in [-0.15, -0.1) is 0 Å². The zero-order valence-electron chi connectivity index (χ0n) is 18.8. The van der Waals surface area contributed by atoms with Gasteiger partial charge in [0.25, 0.3) is 0 Å². The molecule has 5 heteroatoms. The van der Waals surface area contributed by atoms with E-state index in [1.807, 2.05) is 33.2 Å². The number of hydrogen-bond acceptors (Lipinski definition) is 5. The number of ether oxygens (including phenoxy) is 2. The zero-order chi connectivity index (χ0) is 21.5. The fraction of sp³-hybridized carbons (Fsp3) is 0.520. The molecule has 5 nitrogen and oxygen atoms in total. The highest BCUT2D eigenvalue weighted by Crippen LogP contribution is 2.20. The van der Waals surface area contributed by atoms with Crippen LogP contribution < -0.4 is 9.64 Å². The number of nitrogens with zero attached hydrogens (tertiary/aromatic N) is 2. The number of rotatable bonds is 10. The topological polar surface area (TPSA) is 45.2 Å². The average Bonchev–Trinajstić information content (AvgIpc) is 3.20. The molecule has 0 saturated carbocycles. The molecule has 2 aromatic carbocycles. The maximum absolute atomic E-state index is 10.7. The Hall–Kier alpha value is -2.08. The molecule has 0 amide bonds. The number of aliphatic hydroxyl groups is 1. The molecular weight excluding hydrogens is 376 g/mol. The molecule has 3 rings (SSSR count). The van der Waals surface area contributed by atoms with Crippen LogP contribution in [0.2, 0.25) is 0 Å². The maximum atomic E-state index is 10.7. The molecule has 1 N–H and O–H groups in total. The summed E-state index contributed by atoms with van der Waals surface area (Å²) in [5.41, 5.74) is 4.73. The summed E-state index contributed by atoms with van der Waals surface area (Å²) < 4.78 is 11.8. The smallest absolute Gasteiger partial charge is 0.122 e. The summed E-state index contributed by atoms with van der Waals surface area (Å²) in [7, 11) is 4.09. The van der Waals surface area contributed by atoms with Gasteiger partial charge in [-0.1, -0.05) is 29.8 Å². The molecule has 1 aliphatic rings. The molecular formula is C25H36N2O3. The molecule has 1 aliphatic heterocycles. The quantitative estimate of drug-likeness (QED) is 0.643. The van der Waals surface area contributed by atoms with Gasteiger partial charge in [0.05, 0.1) is 6.10 Å². The molecule has 2 unspecified atom stereocenters. The van der Waals surface area contributed by atoms with E-state index in [0.29, 0.717) is 6.54 Å². The lowest BCUT2D eigenvalue weighted by molar-refractivity contribution is 0.0313. The summed E-state index contributed by atoms with van der Waals surface area (Å²) in [6.45, 7) is 7.40. The molecule has 0 bridgehead atoms. The van der Waals surface area contributed by atoms with Crippen LogP contribution in [0, 0.1) is 13.8 Å². The van der Waals surface area contributed by atoms with E-state index in [1.54, 1.807) is 0 Å². The van der Waals surface area contributed by atoms with Crippen molar-refractivity contribution in [1.82, 2.24) is 4.90 Å². The van der Waals surface area contributed by atoms with E-state index < -0.39 is 6.10 Å². The minimum atomic E-state index is -0.562. The Kier molecular flexibility index (Phi) is 8.14. The van der Waals surface area contributed by atoms with Crippen LogP contribution in [0.3, 0.4) is 0 Å². The van der Waals surface area contributed by atoms with Gasteiger partial charge in [-0.2, -0.15) is 0 Å². The van der Waals surface area contributed by atoms with Crippen LogP contribution in [0.5, 0.6) is 5.75 Å². The summed E-state index contributed by atoms with van der Waals surface area (Å²) in [4.78, 5) is 4.39. The molecule has 1 heterocycles. The van der Waals surface area contributed by atoms with Crippen LogP contribution in [-0.2, 0) is 11.3 Å². The van der Waals surface area contributed by atoms with Crippen LogP contribution in [0.4, 0.5) is 5.69 Å². The Bertz CT molecular complexity index is 785. The molecule has 0 aromatic heterocycles. The van der Waals surface area contributed by atoms with Crippen molar-refractivity contribution >= 4 is 5.69 Å². The molecule has 0 radical (unpaired) electrons. The third-order valence-electron chi connectivity index (χ3n) is 5.58. The Morgan fingerprint density at radius 1 is 1.13 bits per heavy atom. The van der Waals surface area contributed by atoms with Crippen molar-refractivity contribution in [1.29, 1.82) is 0 Å². The van der Waals surface area contributed by atoms with Crippen molar-refractivity contribution in [2.24, 2.45) is 0 Å². The molecule has 30 heavy (non-hydrogen) atoms. The summed E-state index contributed by atoms with van der Waals surface area (Å²) in [5.74, 6) is 0.838. The predicted molar refractivity (Wildman–Crippen MR) is 122 cm³/mol. The lowest BCUT2D eigenvalue weighted by Gasteiger charge is -2.28. The monoisotopic (exact) mass is 412 g/mol. The van der Waals surface area contributed by atoms with Crippen molar-refractivity contribution in [3.05, 3.63) is 59.2 Å². The standard InChI is InChI=1S/C25H36N2O3/c1-19-7-12-25(20(2)14-19)30-18-23(28)16-27(17-24-6-5-13-29-24)15-21-8-10-22(11-9-21)26(3)4/h7-12,14,23-24,28H,5-6,13,15-18H2,1-4H3. The first kappa shape index (κ1) is 22.6. The van der Waals surface area contributed by atoms with E-state index in [0.717, 1.165) is 43.9 Å². The SMILES string of the molecule is Cc1ccc(OCC(O)CN(Cc2ccc(N(C)C)cc2)CC2CCCO2)c(C)c1. The number of benzene rings is 2. The lowest BCUT2D eigenvalue weighted by atomic mass is 10.1. The Labute approximate surface area is 181 Å². The molecule has 2 aromatic rings. The van der Waals surface area contributed by atoms with Crippen molar-refractivity contribution < 1.29 is 14.6 Å². The fourth-order valence-corrected chi connectivity index (χ4v) is 3.94. The van der Waals surface area contributed by atoms with E-state index in [4.69, 9.17) is 9.47 Å². The van der Waals surface area contributed by atoms with Crippen LogP contribution in [0.15, 0.2) is 42.5 Å². The van der Waals surface area contributed by atoms with Gasteiger partial charge in [-0.05, 0) is 56.0 Å². The first-order chi connectivity index (χ1) is 14.4. The number of anilines is 1. The molecule has 1 fully saturated rings. The Morgan fingerprint density at radius 2 is 1.90 bits per heavy atom. The normalized spacial score (nSPS) is 17.3. The predicted octanol–water partition coefficient (Wildman–Crippen LogP) is 3.79. The highest BCUT2D eigenvalue weighted by atomic mass is 16.5. The molecule has 1 saturated heterocycles. The molecule has 0 aliphatic carbocycles. The van der Waals surface area contributed by atoms with Gasteiger partial charge >= 0.3 is 0 Å². The van der Waals surface area contributed by atoms with Crippen LogP contribution >= 0.6 is 0 Å². The van der Waals surface area contributed by atoms with Gasteiger partial charge in [0.15, 0.2) is 0 Å². The highest BCUT2D eigenvalue weighted by molar-refractivity contribution is 5.46. The van der Waals surface area contributed by atoms with E-state index in [1.165, 1.54) is 16.8 Å². The van der Waals surface area contributed by atoms with E-state index in [2.05, 4.69) is 47.1 Å². The minimum Gasteiger partial charge on any atom is -0.491 e. The second-order valence-electron chi connectivity index (χ2n) is 8.62. The third-order valence-corrected chi connectivity index (χ3v) is 5.58. The van der Waals surface area contributed by atoms with E-state index in [9.17, 15) is 5.11 Å². The van der Waals surface area contributed by atoms with Gasteiger partial charge < -0.3 is 19.5 Å². The third kappa shape index (κ3) is 6.73. The lowest BCUT2D eigenvalue weighted by Crippen LogP contribution is -2.39. The molecule has 164 valence electrons. The van der Waals surface area contributed by atoms with Gasteiger partial charge in [0.2, 0.25) is 0 Å². The number of hydrogen-bond donors (Lipinski definition) is 1. The van der Waals surface area contributed by atoms with Crippen LogP contribution in [0.25, 0.3) is 0 Å². The summed E-state index contributed by atoms with van der Waals surface area (Å²) in [6, 6.07) is 14.7. The average molecular weight is 413 g/mol. The van der Waals surface area contributed by atoms with Crippen molar-refractivity contribution in [2.75, 3.05) is 45.3 Å². The largest absolute Gasteiger partial charge is 0.491 e. The summed E-state index contributed by atoms with van der Waals surface area (Å²) in [6.07, 6.45) is 1.89. The van der Waals surface area contributed by atoms with Crippen LogP contribution in [-0.4, -0.2) is 62.6 Å². The van der Waals surface area contributed by atoms with Gasteiger partial charge in [-0.3, -0.25) is 4.90 Å². The van der Waals surface area contributed by atoms with E-state index >= 15 is 0 Å². The number of aryl methyl sites for hydroxylation is 2. The second-order valence-corrected chi connectivity index (χ2v) is 8.62. The Morgan fingerprint density at radius 3 is 2.53 bits per heavy atom. The first-order valence-corrected chi connectivity index (χ1v) is 10.9. The Balaban J connectivity index is 1.59. The van der Waals surface area contributed by atoms with Gasteiger partial charge in [0.1, 0.15) is 18.5 Å². The van der Waals surface area contributed by atoms with Gasteiger partial charge in [-0.25, -0.2) is 0 Å². The second kappa shape index (κ2) is 10.8. The molecule has 0 spiro atoms. The van der Waals surface area contributed by atoms with Crippen molar-refractivity contribution in [3.8, 4) is 5.75 Å². The minimum absolute atomic E-state index is 0.249. The maximum Gasteiger partial charge on any atom is 0.122 e. The number of aliphatic hydroxyl groups excluding tert-OH is 1. The fourth-order valence-electron chi connectivity index (χ4n) is 3.94. The summed E-state index contributed by atoms with van der Waals surface area (Å²) >= 11 is 0. The molecule has 2 atom stereocenters. The summed E-state index contributed by atoms with van der Waals surface area (Å²) in [5, 5.41) is 10.7. The zero-order valence-corrected chi connectivity index (χ0v) is 18.8.